The number of thioether (sulfide) groups is 1. The molecular formula is C13H20N2O2S. The van der Waals surface area contributed by atoms with Crippen molar-refractivity contribution in [1.29, 1.82) is 0 Å². The van der Waals surface area contributed by atoms with Crippen molar-refractivity contribution in [3.8, 4) is 0 Å². The molecule has 18 heavy (non-hydrogen) atoms. The van der Waals surface area contributed by atoms with Gasteiger partial charge in [-0.25, -0.2) is 9.78 Å². The summed E-state index contributed by atoms with van der Waals surface area (Å²) in [6.07, 6.45) is 4.88. The van der Waals surface area contributed by atoms with Crippen molar-refractivity contribution >= 4 is 23.5 Å². The Morgan fingerprint density at radius 3 is 2.89 bits per heavy atom. The van der Waals surface area contributed by atoms with Gasteiger partial charge in [-0.15, -0.1) is 0 Å². The maximum absolute atomic E-state index is 11.0. The number of rotatable bonds is 8. The summed E-state index contributed by atoms with van der Waals surface area (Å²) in [5.41, 5.74) is 1.14. The topological polar surface area (TPSA) is 62.2 Å². The average molecular weight is 268 g/mol. The van der Waals surface area contributed by atoms with E-state index in [9.17, 15) is 4.79 Å². The molecule has 0 saturated carbocycles. The van der Waals surface area contributed by atoms with Crippen molar-refractivity contribution in [1.82, 2.24) is 4.98 Å². The lowest BCUT2D eigenvalue weighted by Crippen LogP contribution is -2.08. The number of aryl methyl sites for hydroxylation is 1. The van der Waals surface area contributed by atoms with Gasteiger partial charge in [0.2, 0.25) is 0 Å². The molecule has 1 aromatic rings. The van der Waals surface area contributed by atoms with Gasteiger partial charge in [0.1, 0.15) is 5.82 Å². The Hall–Kier alpha value is -1.23. The largest absolute Gasteiger partial charge is 0.478 e. The molecule has 0 amide bonds. The Kier molecular flexibility index (Phi) is 6.57. The molecule has 0 spiro atoms. The first kappa shape index (κ1) is 14.8. The van der Waals surface area contributed by atoms with Gasteiger partial charge in [0.25, 0.3) is 0 Å². The monoisotopic (exact) mass is 268 g/mol. The number of pyridine rings is 1. The summed E-state index contributed by atoms with van der Waals surface area (Å²) in [6.45, 7) is 2.88. The molecule has 0 aliphatic heterocycles. The number of aromatic nitrogens is 1. The van der Waals surface area contributed by atoms with E-state index in [1.165, 1.54) is 0 Å². The molecule has 0 fully saturated rings. The van der Waals surface area contributed by atoms with Crippen molar-refractivity contribution in [2.75, 3.05) is 23.9 Å². The normalized spacial score (nSPS) is 10.3. The van der Waals surface area contributed by atoms with E-state index in [1.807, 2.05) is 0 Å². The highest BCUT2D eigenvalue weighted by molar-refractivity contribution is 7.98. The van der Waals surface area contributed by atoms with Gasteiger partial charge in [-0.1, -0.05) is 13.3 Å². The van der Waals surface area contributed by atoms with Crippen LogP contribution in [0.15, 0.2) is 12.1 Å². The van der Waals surface area contributed by atoms with Crippen LogP contribution in [0.25, 0.3) is 0 Å². The zero-order valence-electron chi connectivity index (χ0n) is 10.9. The number of carbonyl (C=O) groups is 1. The first-order valence-electron chi connectivity index (χ1n) is 6.14. The summed E-state index contributed by atoms with van der Waals surface area (Å²) in [5, 5.41) is 12.2. The van der Waals surface area contributed by atoms with Crippen LogP contribution < -0.4 is 5.32 Å². The van der Waals surface area contributed by atoms with Gasteiger partial charge in [0.05, 0.1) is 5.56 Å². The predicted octanol–water partition coefficient (Wildman–Crippen LogP) is 2.90. The second kappa shape index (κ2) is 7.97. The molecule has 100 valence electrons. The fourth-order valence-corrected chi connectivity index (χ4v) is 2.05. The number of anilines is 1. The van der Waals surface area contributed by atoms with E-state index in [1.54, 1.807) is 23.9 Å². The summed E-state index contributed by atoms with van der Waals surface area (Å²) in [6, 6.07) is 3.25. The molecule has 0 radical (unpaired) electrons. The van der Waals surface area contributed by atoms with Crippen molar-refractivity contribution < 1.29 is 9.90 Å². The fourth-order valence-electron chi connectivity index (χ4n) is 1.62. The fraction of sp³-hybridized carbons (Fsp3) is 0.538. The summed E-state index contributed by atoms with van der Waals surface area (Å²) >= 11 is 1.80. The average Bonchev–Trinajstić information content (AvgIpc) is 2.35. The van der Waals surface area contributed by atoms with Gasteiger partial charge < -0.3 is 10.4 Å². The summed E-state index contributed by atoms with van der Waals surface area (Å²) in [5.74, 6) is 0.856. The molecule has 0 saturated heterocycles. The van der Waals surface area contributed by atoms with E-state index < -0.39 is 5.97 Å². The summed E-state index contributed by atoms with van der Waals surface area (Å²) in [4.78, 5) is 15.4. The molecule has 1 aromatic heterocycles. The number of nitrogens with zero attached hydrogens (tertiary/aromatic N) is 1. The number of hydrogen-bond acceptors (Lipinski definition) is 4. The predicted molar refractivity (Wildman–Crippen MR) is 76.7 cm³/mol. The van der Waals surface area contributed by atoms with Crippen molar-refractivity contribution in [3.63, 3.8) is 0 Å². The molecular weight excluding hydrogens is 248 g/mol. The Bertz CT molecular complexity index is 397. The maximum atomic E-state index is 11.0. The van der Waals surface area contributed by atoms with Gasteiger partial charge in [-0.3, -0.25) is 0 Å². The van der Waals surface area contributed by atoms with E-state index >= 15 is 0 Å². The Morgan fingerprint density at radius 1 is 1.50 bits per heavy atom. The molecule has 0 bridgehead atoms. The molecule has 0 atom stereocenters. The van der Waals surface area contributed by atoms with E-state index in [4.69, 9.17) is 5.11 Å². The highest BCUT2D eigenvalue weighted by Gasteiger charge is 2.07. The number of hydrogen-bond donors (Lipinski definition) is 2. The lowest BCUT2D eigenvalue weighted by atomic mass is 10.1. The van der Waals surface area contributed by atoms with Crippen molar-refractivity contribution in [2.45, 2.75) is 26.2 Å². The number of nitrogens with one attached hydrogen (secondary N) is 1. The van der Waals surface area contributed by atoms with Crippen LogP contribution in [0, 0.1) is 0 Å². The smallest absolute Gasteiger partial charge is 0.335 e. The minimum absolute atomic E-state index is 0.306. The van der Waals surface area contributed by atoms with E-state index in [2.05, 4.69) is 23.5 Å². The zero-order valence-corrected chi connectivity index (χ0v) is 11.7. The third-order valence-electron chi connectivity index (χ3n) is 2.46. The first-order chi connectivity index (χ1) is 8.67. The standard InChI is InChI=1S/C13H20N2O2S/c1-3-5-11-8-10(13(16)17)9-12(15-11)14-6-4-7-18-2/h8-9H,3-7H2,1-2H3,(H,14,15)(H,16,17). The Balaban J connectivity index is 2.72. The number of carboxylic acids is 1. The Morgan fingerprint density at radius 2 is 2.28 bits per heavy atom. The molecule has 2 N–H and O–H groups in total. The zero-order chi connectivity index (χ0) is 13.4. The second-order valence-corrected chi connectivity index (χ2v) is 5.05. The van der Waals surface area contributed by atoms with Crippen LogP contribution in [0.3, 0.4) is 0 Å². The van der Waals surface area contributed by atoms with Crippen LogP contribution in [0.5, 0.6) is 0 Å². The molecule has 0 aliphatic rings. The van der Waals surface area contributed by atoms with Gasteiger partial charge in [-0.2, -0.15) is 11.8 Å². The molecule has 0 aliphatic carbocycles. The molecule has 0 aromatic carbocycles. The molecule has 1 rings (SSSR count). The lowest BCUT2D eigenvalue weighted by molar-refractivity contribution is 0.0696. The number of carboxylic acid groups (broad SMARTS) is 1. The van der Waals surface area contributed by atoms with E-state index in [0.29, 0.717) is 11.4 Å². The van der Waals surface area contributed by atoms with Gasteiger partial charge in [-0.05, 0) is 37.0 Å². The van der Waals surface area contributed by atoms with Crippen molar-refractivity contribution in [2.24, 2.45) is 0 Å². The quantitative estimate of drug-likeness (QED) is 0.710. The highest BCUT2D eigenvalue weighted by atomic mass is 32.2. The molecule has 4 nitrogen and oxygen atoms in total. The van der Waals surface area contributed by atoms with Gasteiger partial charge in [0.15, 0.2) is 0 Å². The third-order valence-corrected chi connectivity index (χ3v) is 3.16. The minimum atomic E-state index is -0.901. The molecule has 0 unspecified atom stereocenters. The van der Waals surface area contributed by atoms with Crippen LogP contribution in [0.4, 0.5) is 5.82 Å². The SMILES string of the molecule is CCCc1cc(C(=O)O)cc(NCCCSC)n1. The van der Waals surface area contributed by atoms with Crippen LogP contribution in [-0.4, -0.2) is 34.6 Å². The van der Waals surface area contributed by atoms with Crippen LogP contribution >= 0.6 is 11.8 Å². The van der Waals surface area contributed by atoms with Crippen LogP contribution in [0.1, 0.15) is 35.8 Å². The number of aromatic carboxylic acids is 1. The van der Waals surface area contributed by atoms with Crippen LogP contribution in [0.2, 0.25) is 0 Å². The second-order valence-electron chi connectivity index (χ2n) is 4.06. The third kappa shape index (κ3) is 4.96. The maximum Gasteiger partial charge on any atom is 0.335 e. The van der Waals surface area contributed by atoms with E-state index in [-0.39, 0.29) is 0 Å². The van der Waals surface area contributed by atoms with Crippen LogP contribution in [-0.2, 0) is 6.42 Å². The molecule has 1 heterocycles. The molecule has 5 heteroatoms. The summed E-state index contributed by atoms with van der Waals surface area (Å²) < 4.78 is 0. The lowest BCUT2D eigenvalue weighted by Gasteiger charge is -2.08. The van der Waals surface area contributed by atoms with Crippen molar-refractivity contribution in [3.05, 3.63) is 23.4 Å². The first-order valence-corrected chi connectivity index (χ1v) is 7.53. The highest BCUT2D eigenvalue weighted by Crippen LogP contribution is 2.12. The summed E-state index contributed by atoms with van der Waals surface area (Å²) in [7, 11) is 0. The van der Waals surface area contributed by atoms with Gasteiger partial charge in [0, 0.05) is 12.2 Å². The minimum Gasteiger partial charge on any atom is -0.478 e. The van der Waals surface area contributed by atoms with Gasteiger partial charge >= 0.3 is 5.97 Å². The van der Waals surface area contributed by atoms with E-state index in [0.717, 1.165) is 37.3 Å². The Labute approximate surface area is 112 Å².